The smallest absolute Gasteiger partial charge is 0.319 e. The van der Waals surface area contributed by atoms with Gasteiger partial charge in [-0.2, -0.15) is 0 Å². The van der Waals surface area contributed by atoms with Crippen molar-refractivity contribution in [2.45, 2.75) is 26.8 Å². The number of benzene rings is 1. The highest BCUT2D eigenvalue weighted by Gasteiger charge is 2.01. The summed E-state index contributed by atoms with van der Waals surface area (Å²) in [6.07, 6.45) is 0.809. The van der Waals surface area contributed by atoms with Crippen molar-refractivity contribution in [3.8, 4) is 0 Å². The summed E-state index contributed by atoms with van der Waals surface area (Å²) in [4.78, 5) is 11.7. The van der Waals surface area contributed by atoms with Gasteiger partial charge < -0.3 is 21.1 Å². The van der Waals surface area contributed by atoms with E-state index in [1.165, 1.54) is 0 Å². The molecule has 0 unspecified atom stereocenters. The summed E-state index contributed by atoms with van der Waals surface area (Å²) in [5.74, 6) is 0.543. The number of carbonyl (C=O) groups excluding carboxylic acids is 1. The summed E-state index contributed by atoms with van der Waals surface area (Å²) in [7, 11) is 0. The molecule has 0 aromatic heterocycles. The third-order valence-corrected chi connectivity index (χ3v) is 2.62. The lowest BCUT2D eigenvalue weighted by Gasteiger charge is -2.09. The molecule has 0 heterocycles. The van der Waals surface area contributed by atoms with Gasteiger partial charge in [-0.15, -0.1) is 0 Å². The monoisotopic (exact) mass is 279 g/mol. The molecular weight excluding hydrogens is 254 g/mol. The van der Waals surface area contributed by atoms with Crippen LogP contribution in [-0.4, -0.2) is 25.8 Å². The first-order chi connectivity index (χ1) is 9.61. The Morgan fingerprint density at radius 2 is 2.20 bits per heavy atom. The van der Waals surface area contributed by atoms with Crippen LogP contribution in [0.5, 0.6) is 0 Å². The summed E-state index contributed by atoms with van der Waals surface area (Å²) < 4.78 is 5.44. The van der Waals surface area contributed by atoms with Gasteiger partial charge in [-0.05, 0) is 30.0 Å². The molecule has 0 saturated heterocycles. The van der Waals surface area contributed by atoms with Crippen molar-refractivity contribution in [3.05, 3.63) is 29.8 Å². The summed E-state index contributed by atoms with van der Waals surface area (Å²) >= 11 is 0. The Balaban J connectivity index is 2.16. The molecule has 2 amide bonds. The summed E-state index contributed by atoms with van der Waals surface area (Å²) in [5, 5.41) is 5.57. The minimum atomic E-state index is -0.206. The van der Waals surface area contributed by atoms with Gasteiger partial charge in [0.05, 0.1) is 0 Å². The molecule has 0 fully saturated rings. The minimum Gasteiger partial charge on any atom is -0.381 e. The highest BCUT2D eigenvalue weighted by molar-refractivity contribution is 5.89. The normalized spacial score (nSPS) is 10.6. The molecule has 1 aromatic rings. The fraction of sp³-hybridized carbons (Fsp3) is 0.533. The van der Waals surface area contributed by atoms with Gasteiger partial charge in [0.15, 0.2) is 0 Å². The number of urea groups is 1. The van der Waals surface area contributed by atoms with Crippen LogP contribution in [0.4, 0.5) is 10.5 Å². The molecular formula is C15H25N3O2. The third-order valence-electron chi connectivity index (χ3n) is 2.62. The predicted octanol–water partition coefficient (Wildman–Crippen LogP) is 2.33. The van der Waals surface area contributed by atoms with E-state index in [-0.39, 0.29) is 6.03 Å². The van der Waals surface area contributed by atoms with E-state index in [1.807, 2.05) is 24.3 Å². The molecule has 1 rings (SSSR count). The van der Waals surface area contributed by atoms with Gasteiger partial charge >= 0.3 is 6.03 Å². The Kier molecular flexibility index (Phi) is 7.69. The number of rotatable bonds is 8. The lowest BCUT2D eigenvalue weighted by atomic mass is 10.2. The second-order valence-corrected chi connectivity index (χ2v) is 5.11. The van der Waals surface area contributed by atoms with Gasteiger partial charge in [0.25, 0.3) is 0 Å². The zero-order chi connectivity index (χ0) is 14.8. The van der Waals surface area contributed by atoms with Crippen LogP contribution >= 0.6 is 0 Å². The van der Waals surface area contributed by atoms with Gasteiger partial charge in [-0.25, -0.2) is 4.79 Å². The van der Waals surface area contributed by atoms with Crippen LogP contribution in [0.1, 0.15) is 25.8 Å². The van der Waals surface area contributed by atoms with Crippen LogP contribution in [0, 0.1) is 5.92 Å². The van der Waals surface area contributed by atoms with Crippen molar-refractivity contribution in [2.24, 2.45) is 11.7 Å². The maximum Gasteiger partial charge on any atom is 0.319 e. The Labute approximate surface area is 120 Å². The number of nitrogens with one attached hydrogen (secondary N) is 2. The maximum atomic E-state index is 11.7. The summed E-state index contributed by atoms with van der Waals surface area (Å²) in [6.45, 7) is 6.71. The van der Waals surface area contributed by atoms with Crippen molar-refractivity contribution < 1.29 is 9.53 Å². The quantitative estimate of drug-likeness (QED) is 0.639. The van der Waals surface area contributed by atoms with E-state index in [4.69, 9.17) is 10.5 Å². The first kappa shape index (κ1) is 16.5. The molecule has 4 N–H and O–H groups in total. The topological polar surface area (TPSA) is 76.4 Å². The van der Waals surface area contributed by atoms with Crippen LogP contribution in [0.3, 0.4) is 0 Å². The molecule has 0 saturated carbocycles. The number of carbonyl (C=O) groups is 1. The Bertz CT molecular complexity index is 408. The standard InChI is InChI=1S/C15H25N3O2/c1-12(2)11-20-8-4-7-17-15(19)18-14-6-3-5-13(9-14)10-16/h3,5-6,9,12H,4,7-8,10-11,16H2,1-2H3,(H2,17,18,19). The number of hydrogen-bond donors (Lipinski definition) is 3. The van der Waals surface area contributed by atoms with E-state index in [9.17, 15) is 4.79 Å². The number of amides is 2. The second kappa shape index (κ2) is 9.34. The molecule has 0 radical (unpaired) electrons. The van der Waals surface area contributed by atoms with Gasteiger partial charge in [-0.3, -0.25) is 0 Å². The summed E-state index contributed by atoms with van der Waals surface area (Å²) in [6, 6.07) is 7.30. The Morgan fingerprint density at radius 3 is 2.90 bits per heavy atom. The number of ether oxygens (including phenoxy) is 1. The van der Waals surface area contributed by atoms with E-state index in [2.05, 4.69) is 24.5 Å². The van der Waals surface area contributed by atoms with Crippen LogP contribution in [-0.2, 0) is 11.3 Å². The average molecular weight is 279 g/mol. The molecule has 0 aliphatic heterocycles. The Hall–Kier alpha value is -1.59. The largest absolute Gasteiger partial charge is 0.381 e. The number of hydrogen-bond acceptors (Lipinski definition) is 3. The van der Waals surface area contributed by atoms with Crippen molar-refractivity contribution in [1.82, 2.24) is 5.32 Å². The average Bonchev–Trinajstić information content (AvgIpc) is 2.42. The van der Waals surface area contributed by atoms with Crippen molar-refractivity contribution in [2.75, 3.05) is 25.1 Å². The molecule has 0 aliphatic carbocycles. The molecule has 0 aliphatic rings. The van der Waals surface area contributed by atoms with E-state index < -0.39 is 0 Å². The number of anilines is 1. The van der Waals surface area contributed by atoms with Crippen LogP contribution < -0.4 is 16.4 Å². The van der Waals surface area contributed by atoms with Crippen molar-refractivity contribution in [3.63, 3.8) is 0 Å². The maximum absolute atomic E-state index is 11.7. The van der Waals surface area contributed by atoms with E-state index in [1.54, 1.807) is 0 Å². The molecule has 0 atom stereocenters. The summed E-state index contributed by atoms with van der Waals surface area (Å²) in [5.41, 5.74) is 7.30. The van der Waals surface area contributed by atoms with Gasteiger partial charge in [0, 0.05) is 32.0 Å². The third kappa shape index (κ3) is 7.11. The SMILES string of the molecule is CC(C)COCCCNC(=O)Nc1cccc(CN)c1. The predicted molar refractivity (Wildman–Crippen MR) is 81.6 cm³/mol. The highest BCUT2D eigenvalue weighted by atomic mass is 16.5. The van der Waals surface area contributed by atoms with E-state index in [0.717, 1.165) is 24.3 Å². The molecule has 1 aromatic carbocycles. The van der Waals surface area contributed by atoms with Crippen LogP contribution in [0.25, 0.3) is 0 Å². The minimum absolute atomic E-state index is 0.206. The first-order valence-corrected chi connectivity index (χ1v) is 7.03. The lowest BCUT2D eigenvalue weighted by molar-refractivity contribution is 0.108. The van der Waals surface area contributed by atoms with E-state index in [0.29, 0.717) is 25.6 Å². The fourth-order valence-corrected chi connectivity index (χ4v) is 1.65. The van der Waals surface area contributed by atoms with Crippen molar-refractivity contribution in [1.29, 1.82) is 0 Å². The second-order valence-electron chi connectivity index (χ2n) is 5.11. The molecule has 5 heteroatoms. The van der Waals surface area contributed by atoms with Crippen LogP contribution in [0.2, 0.25) is 0 Å². The van der Waals surface area contributed by atoms with Gasteiger partial charge in [-0.1, -0.05) is 26.0 Å². The lowest BCUT2D eigenvalue weighted by Crippen LogP contribution is -2.30. The zero-order valence-electron chi connectivity index (χ0n) is 12.3. The number of nitrogens with two attached hydrogens (primary N) is 1. The highest BCUT2D eigenvalue weighted by Crippen LogP contribution is 2.09. The molecule has 20 heavy (non-hydrogen) atoms. The Morgan fingerprint density at radius 1 is 1.40 bits per heavy atom. The molecule has 5 nitrogen and oxygen atoms in total. The first-order valence-electron chi connectivity index (χ1n) is 7.03. The van der Waals surface area contributed by atoms with Crippen molar-refractivity contribution >= 4 is 11.7 Å². The van der Waals surface area contributed by atoms with Crippen LogP contribution in [0.15, 0.2) is 24.3 Å². The molecule has 0 spiro atoms. The molecule has 112 valence electrons. The van der Waals surface area contributed by atoms with Gasteiger partial charge in [0.2, 0.25) is 0 Å². The van der Waals surface area contributed by atoms with Gasteiger partial charge in [0.1, 0.15) is 0 Å². The zero-order valence-corrected chi connectivity index (χ0v) is 12.3. The van der Waals surface area contributed by atoms with E-state index >= 15 is 0 Å². The molecule has 0 bridgehead atoms. The fourth-order valence-electron chi connectivity index (χ4n) is 1.65.